The Bertz CT molecular complexity index is 652. The minimum atomic E-state index is 0.00694. The zero-order chi connectivity index (χ0) is 16.2. The lowest BCUT2D eigenvalue weighted by Gasteiger charge is -2.32. The summed E-state index contributed by atoms with van der Waals surface area (Å²) in [4.78, 5) is 18.7. The molecule has 0 bridgehead atoms. The predicted octanol–water partition coefficient (Wildman–Crippen LogP) is 2.77. The lowest BCUT2D eigenvalue weighted by atomic mass is 9.97. The van der Waals surface area contributed by atoms with E-state index in [4.69, 9.17) is 0 Å². The molecule has 23 heavy (non-hydrogen) atoms. The Hall–Kier alpha value is -2.37. The van der Waals surface area contributed by atoms with Gasteiger partial charge in [0, 0.05) is 30.6 Å². The normalized spacial score (nSPS) is 18.2. The second kappa shape index (κ2) is 6.81. The minimum absolute atomic E-state index is 0.00694. The molecule has 6 heteroatoms. The Kier molecular flexibility index (Phi) is 4.60. The summed E-state index contributed by atoms with van der Waals surface area (Å²) < 4.78 is 0. The second-order valence-electron chi connectivity index (χ2n) is 6.30. The zero-order valence-corrected chi connectivity index (χ0v) is 13.6. The summed E-state index contributed by atoms with van der Waals surface area (Å²) in [6, 6.07) is 10.1. The number of nitrogens with zero attached hydrogens (tertiary/aromatic N) is 3. The van der Waals surface area contributed by atoms with Gasteiger partial charge in [0.15, 0.2) is 5.82 Å². The number of hydrogen-bond donors (Lipinski definition) is 2. The SMILES string of the molecule is CC(C)NC(=O)N1CCCC(c2nc(-c3ccccc3)n[nH]2)C1. The van der Waals surface area contributed by atoms with Crippen LogP contribution >= 0.6 is 0 Å². The average Bonchev–Trinajstić information content (AvgIpc) is 3.05. The number of hydrogen-bond acceptors (Lipinski definition) is 3. The molecule has 1 fully saturated rings. The van der Waals surface area contributed by atoms with Gasteiger partial charge in [0.2, 0.25) is 0 Å². The molecule has 1 aliphatic heterocycles. The molecular weight excluding hydrogens is 290 g/mol. The molecule has 0 aliphatic carbocycles. The number of H-pyrrole nitrogens is 1. The van der Waals surface area contributed by atoms with Crippen LogP contribution in [-0.2, 0) is 0 Å². The quantitative estimate of drug-likeness (QED) is 0.915. The van der Waals surface area contributed by atoms with Gasteiger partial charge in [-0.15, -0.1) is 0 Å². The van der Waals surface area contributed by atoms with Gasteiger partial charge in [0.25, 0.3) is 0 Å². The fourth-order valence-electron chi connectivity index (χ4n) is 2.90. The van der Waals surface area contributed by atoms with E-state index in [-0.39, 0.29) is 18.0 Å². The number of likely N-dealkylation sites (tertiary alicyclic amines) is 1. The molecule has 2 aromatic rings. The Morgan fingerprint density at radius 2 is 2.13 bits per heavy atom. The number of carbonyl (C=O) groups excluding carboxylic acids is 1. The average molecular weight is 313 g/mol. The summed E-state index contributed by atoms with van der Waals surface area (Å²) in [7, 11) is 0. The van der Waals surface area contributed by atoms with Crippen molar-refractivity contribution in [1.29, 1.82) is 0 Å². The van der Waals surface area contributed by atoms with Crippen molar-refractivity contribution in [3.8, 4) is 11.4 Å². The summed E-state index contributed by atoms with van der Waals surface area (Å²) in [5.41, 5.74) is 1.00. The molecule has 1 atom stereocenters. The van der Waals surface area contributed by atoms with Crippen LogP contribution in [0.3, 0.4) is 0 Å². The highest BCUT2D eigenvalue weighted by atomic mass is 16.2. The Balaban J connectivity index is 1.70. The molecule has 6 nitrogen and oxygen atoms in total. The van der Waals surface area contributed by atoms with Crippen molar-refractivity contribution in [2.24, 2.45) is 0 Å². The fraction of sp³-hybridized carbons (Fsp3) is 0.471. The van der Waals surface area contributed by atoms with Gasteiger partial charge >= 0.3 is 6.03 Å². The van der Waals surface area contributed by atoms with Gasteiger partial charge in [0.05, 0.1) is 0 Å². The summed E-state index contributed by atoms with van der Waals surface area (Å²) in [5.74, 6) is 1.79. The first-order chi connectivity index (χ1) is 11.1. The maximum Gasteiger partial charge on any atom is 0.317 e. The molecule has 0 saturated carbocycles. The predicted molar refractivity (Wildman–Crippen MR) is 89.0 cm³/mol. The molecule has 2 N–H and O–H groups in total. The van der Waals surface area contributed by atoms with Crippen molar-refractivity contribution < 1.29 is 4.79 Å². The van der Waals surface area contributed by atoms with Crippen LogP contribution in [0.1, 0.15) is 38.4 Å². The van der Waals surface area contributed by atoms with Gasteiger partial charge in [-0.05, 0) is 26.7 Å². The van der Waals surface area contributed by atoms with Crippen molar-refractivity contribution in [2.45, 2.75) is 38.6 Å². The van der Waals surface area contributed by atoms with Crippen molar-refractivity contribution in [1.82, 2.24) is 25.4 Å². The molecule has 1 aromatic carbocycles. The zero-order valence-electron chi connectivity index (χ0n) is 13.6. The Labute approximate surface area is 136 Å². The van der Waals surface area contributed by atoms with Gasteiger partial charge in [-0.2, -0.15) is 5.10 Å². The van der Waals surface area contributed by atoms with Gasteiger partial charge in [-0.1, -0.05) is 30.3 Å². The summed E-state index contributed by atoms with van der Waals surface area (Å²) in [6.07, 6.45) is 2.01. The summed E-state index contributed by atoms with van der Waals surface area (Å²) >= 11 is 0. The number of carbonyl (C=O) groups is 1. The van der Waals surface area contributed by atoms with Crippen LogP contribution in [0.25, 0.3) is 11.4 Å². The molecule has 1 aromatic heterocycles. The molecule has 3 rings (SSSR count). The smallest absolute Gasteiger partial charge is 0.317 e. The van der Waals surface area contributed by atoms with Gasteiger partial charge in [0.1, 0.15) is 5.82 Å². The van der Waals surface area contributed by atoms with Crippen LogP contribution in [0.5, 0.6) is 0 Å². The highest BCUT2D eigenvalue weighted by Crippen LogP contribution is 2.26. The lowest BCUT2D eigenvalue weighted by molar-refractivity contribution is 0.176. The number of rotatable bonds is 3. The van der Waals surface area contributed by atoms with E-state index in [1.54, 1.807) is 0 Å². The van der Waals surface area contributed by atoms with E-state index in [1.807, 2.05) is 49.1 Å². The van der Waals surface area contributed by atoms with Crippen molar-refractivity contribution in [3.63, 3.8) is 0 Å². The molecule has 0 spiro atoms. The van der Waals surface area contributed by atoms with E-state index in [9.17, 15) is 4.79 Å². The number of amides is 2. The molecule has 122 valence electrons. The number of urea groups is 1. The lowest BCUT2D eigenvalue weighted by Crippen LogP contribution is -2.47. The fourth-order valence-corrected chi connectivity index (χ4v) is 2.90. The number of aromatic amines is 1. The van der Waals surface area contributed by atoms with Gasteiger partial charge in [-0.3, -0.25) is 5.10 Å². The third-order valence-electron chi connectivity index (χ3n) is 4.04. The highest BCUT2D eigenvalue weighted by Gasteiger charge is 2.27. The number of piperidine rings is 1. The van der Waals surface area contributed by atoms with E-state index in [0.29, 0.717) is 12.4 Å². The first-order valence-corrected chi connectivity index (χ1v) is 8.16. The van der Waals surface area contributed by atoms with E-state index < -0.39 is 0 Å². The monoisotopic (exact) mass is 313 g/mol. The van der Waals surface area contributed by atoms with Gasteiger partial charge in [-0.25, -0.2) is 9.78 Å². The van der Waals surface area contributed by atoms with Crippen LogP contribution in [0, 0.1) is 0 Å². The third-order valence-corrected chi connectivity index (χ3v) is 4.04. The van der Waals surface area contributed by atoms with Crippen LogP contribution < -0.4 is 5.32 Å². The van der Waals surface area contributed by atoms with Crippen molar-refractivity contribution in [3.05, 3.63) is 36.2 Å². The number of benzene rings is 1. The molecule has 0 radical (unpaired) electrons. The molecular formula is C17H23N5O. The standard InChI is InChI=1S/C17H23N5O/c1-12(2)18-17(23)22-10-6-9-14(11-22)16-19-15(20-21-16)13-7-4-3-5-8-13/h3-5,7-8,12,14H,6,9-11H2,1-2H3,(H,18,23)(H,19,20,21). The maximum atomic E-state index is 12.2. The van der Waals surface area contributed by atoms with Crippen LogP contribution in [0.4, 0.5) is 4.79 Å². The Morgan fingerprint density at radius 3 is 2.87 bits per heavy atom. The number of nitrogens with one attached hydrogen (secondary N) is 2. The van der Waals surface area contributed by atoms with E-state index in [1.165, 1.54) is 0 Å². The minimum Gasteiger partial charge on any atom is -0.336 e. The van der Waals surface area contributed by atoms with Crippen LogP contribution in [-0.4, -0.2) is 45.2 Å². The van der Waals surface area contributed by atoms with E-state index in [2.05, 4.69) is 20.5 Å². The topological polar surface area (TPSA) is 73.9 Å². The van der Waals surface area contributed by atoms with Crippen molar-refractivity contribution in [2.75, 3.05) is 13.1 Å². The summed E-state index contributed by atoms with van der Waals surface area (Å²) in [5, 5.41) is 10.3. The third kappa shape index (κ3) is 3.70. The van der Waals surface area contributed by atoms with Crippen LogP contribution in [0.2, 0.25) is 0 Å². The number of aromatic nitrogens is 3. The molecule has 1 unspecified atom stereocenters. The summed E-state index contributed by atoms with van der Waals surface area (Å²) in [6.45, 7) is 5.43. The molecule has 2 heterocycles. The first kappa shape index (κ1) is 15.5. The first-order valence-electron chi connectivity index (χ1n) is 8.16. The highest BCUT2D eigenvalue weighted by molar-refractivity contribution is 5.74. The van der Waals surface area contributed by atoms with E-state index >= 15 is 0 Å². The van der Waals surface area contributed by atoms with Crippen molar-refractivity contribution >= 4 is 6.03 Å². The van der Waals surface area contributed by atoms with Gasteiger partial charge < -0.3 is 10.2 Å². The molecule has 1 aliphatic rings. The molecule has 1 saturated heterocycles. The molecule has 2 amide bonds. The maximum absolute atomic E-state index is 12.2. The van der Waals surface area contributed by atoms with E-state index in [0.717, 1.165) is 30.8 Å². The van der Waals surface area contributed by atoms with Crippen LogP contribution in [0.15, 0.2) is 30.3 Å². The largest absolute Gasteiger partial charge is 0.336 e. The second-order valence-corrected chi connectivity index (χ2v) is 6.30. The Morgan fingerprint density at radius 1 is 1.35 bits per heavy atom.